The Bertz CT molecular complexity index is 299. The molecule has 0 aromatic carbocycles. The Balaban J connectivity index is 1.55. The van der Waals surface area contributed by atoms with Gasteiger partial charge in [0.05, 0.1) is 0 Å². The second-order valence-electron chi connectivity index (χ2n) is 7.40. The minimum absolute atomic E-state index is 0.470. The van der Waals surface area contributed by atoms with Gasteiger partial charge < -0.3 is 15.1 Å². The van der Waals surface area contributed by atoms with Crippen LogP contribution < -0.4 is 5.32 Å². The molecule has 2 saturated heterocycles. The average Bonchev–Trinajstić information content (AvgIpc) is 2.83. The highest BCUT2D eigenvalue weighted by atomic mass is 15.2. The molecule has 1 aliphatic carbocycles. The largest absolute Gasteiger partial charge is 0.310 e. The van der Waals surface area contributed by atoms with Gasteiger partial charge in [0.15, 0.2) is 0 Å². The Morgan fingerprint density at radius 1 is 1.05 bits per heavy atom. The van der Waals surface area contributed by atoms with E-state index in [0.717, 1.165) is 5.92 Å². The highest BCUT2D eigenvalue weighted by Gasteiger charge is 2.35. The van der Waals surface area contributed by atoms with Gasteiger partial charge in [-0.3, -0.25) is 0 Å². The fourth-order valence-electron chi connectivity index (χ4n) is 4.65. The van der Waals surface area contributed by atoms with Crippen LogP contribution in [0.3, 0.4) is 0 Å². The monoisotopic (exact) mass is 279 g/mol. The van der Waals surface area contributed by atoms with Crippen LogP contribution in [-0.4, -0.2) is 61.2 Å². The van der Waals surface area contributed by atoms with Crippen molar-refractivity contribution >= 4 is 0 Å². The lowest BCUT2D eigenvalue weighted by atomic mass is 9.81. The minimum atomic E-state index is 0.470. The van der Waals surface area contributed by atoms with Crippen LogP contribution in [0.4, 0.5) is 0 Å². The highest BCUT2D eigenvalue weighted by molar-refractivity contribution is 4.96. The zero-order valence-electron chi connectivity index (χ0n) is 13.4. The van der Waals surface area contributed by atoms with Gasteiger partial charge in [0, 0.05) is 25.2 Å². The Labute approximate surface area is 125 Å². The van der Waals surface area contributed by atoms with Crippen LogP contribution in [0.1, 0.15) is 51.9 Å². The van der Waals surface area contributed by atoms with Crippen LogP contribution in [0.25, 0.3) is 0 Å². The summed E-state index contributed by atoms with van der Waals surface area (Å²) >= 11 is 0. The topological polar surface area (TPSA) is 18.5 Å². The van der Waals surface area contributed by atoms with E-state index in [1.54, 1.807) is 0 Å². The molecule has 116 valence electrons. The number of nitrogens with one attached hydrogen (secondary N) is 1. The molecule has 3 fully saturated rings. The van der Waals surface area contributed by atoms with Gasteiger partial charge in [0.2, 0.25) is 0 Å². The van der Waals surface area contributed by atoms with E-state index >= 15 is 0 Å². The molecule has 2 aliphatic heterocycles. The zero-order valence-corrected chi connectivity index (χ0v) is 13.4. The quantitative estimate of drug-likeness (QED) is 0.855. The van der Waals surface area contributed by atoms with Gasteiger partial charge in [-0.1, -0.05) is 26.2 Å². The summed E-state index contributed by atoms with van der Waals surface area (Å²) in [5, 5.41) is 3.92. The van der Waals surface area contributed by atoms with Crippen molar-refractivity contribution in [3.63, 3.8) is 0 Å². The number of hydrogen-bond acceptors (Lipinski definition) is 3. The van der Waals surface area contributed by atoms with Crippen molar-refractivity contribution in [1.29, 1.82) is 0 Å². The summed E-state index contributed by atoms with van der Waals surface area (Å²) in [5.41, 5.74) is 0.470. The highest BCUT2D eigenvalue weighted by Crippen LogP contribution is 2.31. The summed E-state index contributed by atoms with van der Waals surface area (Å²) in [6.45, 7) is 11.4. The van der Waals surface area contributed by atoms with Gasteiger partial charge in [-0.25, -0.2) is 0 Å². The molecule has 1 N–H and O–H groups in total. The maximum absolute atomic E-state index is 3.92. The molecule has 2 heterocycles. The third-order valence-corrected chi connectivity index (χ3v) is 5.82. The molecular weight excluding hydrogens is 246 g/mol. The summed E-state index contributed by atoms with van der Waals surface area (Å²) < 4.78 is 0. The molecule has 0 aromatic heterocycles. The molecule has 3 aliphatic rings. The molecule has 1 unspecified atom stereocenters. The van der Waals surface area contributed by atoms with Gasteiger partial charge in [0.1, 0.15) is 0 Å². The molecule has 1 atom stereocenters. The van der Waals surface area contributed by atoms with E-state index in [9.17, 15) is 0 Å². The van der Waals surface area contributed by atoms with E-state index in [1.807, 2.05) is 0 Å². The van der Waals surface area contributed by atoms with Gasteiger partial charge in [-0.15, -0.1) is 0 Å². The third-order valence-electron chi connectivity index (χ3n) is 5.82. The molecule has 0 radical (unpaired) electrons. The molecule has 1 saturated carbocycles. The predicted octanol–water partition coefficient (Wildman–Crippen LogP) is 2.33. The first-order chi connectivity index (χ1) is 9.80. The number of likely N-dealkylation sites (tertiary alicyclic amines) is 1. The van der Waals surface area contributed by atoms with E-state index < -0.39 is 0 Å². The van der Waals surface area contributed by atoms with E-state index in [1.165, 1.54) is 90.8 Å². The fourth-order valence-corrected chi connectivity index (χ4v) is 4.65. The SMILES string of the molecule is CCN1CCC(CN2CCCNC3(CCCCC3)C2)C1. The van der Waals surface area contributed by atoms with E-state index in [0.29, 0.717) is 5.54 Å². The van der Waals surface area contributed by atoms with Crippen molar-refractivity contribution in [3.8, 4) is 0 Å². The van der Waals surface area contributed by atoms with Crippen LogP contribution >= 0.6 is 0 Å². The smallest absolute Gasteiger partial charge is 0.0308 e. The average molecular weight is 279 g/mol. The first-order valence-corrected chi connectivity index (χ1v) is 8.99. The molecule has 3 heteroatoms. The molecule has 20 heavy (non-hydrogen) atoms. The molecule has 0 amide bonds. The summed E-state index contributed by atoms with van der Waals surface area (Å²) in [6, 6.07) is 0. The second kappa shape index (κ2) is 6.76. The molecule has 3 rings (SSSR count). The van der Waals surface area contributed by atoms with Crippen molar-refractivity contribution in [2.75, 3.05) is 45.8 Å². The maximum Gasteiger partial charge on any atom is 0.0308 e. The predicted molar refractivity (Wildman–Crippen MR) is 85.1 cm³/mol. The maximum atomic E-state index is 3.92. The Morgan fingerprint density at radius 2 is 1.90 bits per heavy atom. The standard InChI is InChI=1S/C17H33N3/c1-2-19-12-7-16(13-19)14-20-11-6-10-18-17(15-20)8-4-3-5-9-17/h16,18H,2-15H2,1H3. The molecule has 0 bridgehead atoms. The van der Waals surface area contributed by atoms with Crippen LogP contribution in [0.15, 0.2) is 0 Å². The van der Waals surface area contributed by atoms with Crippen molar-refractivity contribution in [2.24, 2.45) is 5.92 Å². The normalized spacial score (nSPS) is 32.5. The number of hydrogen-bond donors (Lipinski definition) is 1. The first-order valence-electron chi connectivity index (χ1n) is 8.99. The van der Waals surface area contributed by atoms with Crippen LogP contribution in [-0.2, 0) is 0 Å². The van der Waals surface area contributed by atoms with E-state index in [2.05, 4.69) is 22.0 Å². The van der Waals surface area contributed by atoms with E-state index in [-0.39, 0.29) is 0 Å². The summed E-state index contributed by atoms with van der Waals surface area (Å²) in [7, 11) is 0. The van der Waals surface area contributed by atoms with Crippen LogP contribution in [0, 0.1) is 5.92 Å². The molecule has 3 nitrogen and oxygen atoms in total. The van der Waals surface area contributed by atoms with Gasteiger partial charge in [0.25, 0.3) is 0 Å². The first kappa shape index (κ1) is 14.8. The van der Waals surface area contributed by atoms with Crippen molar-refractivity contribution in [3.05, 3.63) is 0 Å². The van der Waals surface area contributed by atoms with Gasteiger partial charge >= 0.3 is 0 Å². The summed E-state index contributed by atoms with van der Waals surface area (Å²) in [6.07, 6.45) is 9.92. The third kappa shape index (κ3) is 3.55. The summed E-state index contributed by atoms with van der Waals surface area (Å²) in [5.74, 6) is 0.925. The fraction of sp³-hybridized carbons (Fsp3) is 1.00. The van der Waals surface area contributed by atoms with E-state index in [4.69, 9.17) is 0 Å². The minimum Gasteiger partial charge on any atom is -0.310 e. The zero-order chi connectivity index (χ0) is 13.8. The lowest BCUT2D eigenvalue weighted by Crippen LogP contribution is -2.53. The number of nitrogens with zero attached hydrogens (tertiary/aromatic N) is 2. The number of rotatable bonds is 3. The van der Waals surface area contributed by atoms with Crippen LogP contribution in [0.2, 0.25) is 0 Å². The van der Waals surface area contributed by atoms with Crippen molar-refractivity contribution in [2.45, 2.75) is 57.4 Å². The lowest BCUT2D eigenvalue weighted by Gasteiger charge is -2.40. The molecule has 0 aromatic rings. The van der Waals surface area contributed by atoms with Crippen LogP contribution in [0.5, 0.6) is 0 Å². The van der Waals surface area contributed by atoms with Gasteiger partial charge in [-0.2, -0.15) is 0 Å². The Hall–Kier alpha value is -0.120. The second-order valence-corrected chi connectivity index (χ2v) is 7.40. The van der Waals surface area contributed by atoms with Crippen molar-refractivity contribution < 1.29 is 0 Å². The molecule has 1 spiro atoms. The van der Waals surface area contributed by atoms with Crippen molar-refractivity contribution in [1.82, 2.24) is 15.1 Å². The Morgan fingerprint density at radius 3 is 2.65 bits per heavy atom. The summed E-state index contributed by atoms with van der Waals surface area (Å²) in [4.78, 5) is 5.42. The lowest BCUT2D eigenvalue weighted by molar-refractivity contribution is 0.149. The Kier molecular flexibility index (Phi) is 5.00. The van der Waals surface area contributed by atoms with Gasteiger partial charge in [-0.05, 0) is 57.8 Å². The molecular formula is C17H33N3.